The maximum atomic E-state index is 12.1. The number of amides is 2. The van der Waals surface area contributed by atoms with E-state index in [0.717, 1.165) is 11.1 Å². The molecule has 0 unspecified atom stereocenters. The van der Waals surface area contributed by atoms with Crippen LogP contribution in [0.4, 0.5) is 5.69 Å². The summed E-state index contributed by atoms with van der Waals surface area (Å²) in [7, 11) is 3.66. The van der Waals surface area contributed by atoms with Crippen LogP contribution in [-0.2, 0) is 27.3 Å². The number of carbonyl (C=O) groups is 3. The molecule has 30 heavy (non-hydrogen) atoms. The molecule has 0 aliphatic rings. The lowest BCUT2D eigenvalue weighted by atomic mass is 10.1. The predicted molar refractivity (Wildman–Crippen MR) is 116 cm³/mol. The Hall–Kier alpha value is -3.19. The molecule has 0 aliphatic carbocycles. The first kappa shape index (κ1) is 23.1. The first-order valence-corrected chi connectivity index (χ1v) is 9.83. The van der Waals surface area contributed by atoms with Gasteiger partial charge < -0.3 is 25.1 Å². The Morgan fingerprint density at radius 1 is 0.967 bits per heavy atom. The third-order valence-electron chi connectivity index (χ3n) is 4.22. The predicted octanol–water partition coefficient (Wildman–Crippen LogP) is 2.40. The largest absolute Gasteiger partial charge is 0.484 e. The smallest absolute Gasteiger partial charge is 0.258 e. The van der Waals surface area contributed by atoms with Crippen molar-refractivity contribution in [1.82, 2.24) is 10.2 Å². The fraction of sp³-hybridized carbons (Fsp3) is 0.348. The second-order valence-electron chi connectivity index (χ2n) is 7.40. The van der Waals surface area contributed by atoms with Crippen molar-refractivity contribution in [1.29, 1.82) is 0 Å². The van der Waals surface area contributed by atoms with Gasteiger partial charge in [-0.05, 0) is 62.8 Å². The zero-order chi connectivity index (χ0) is 21.9. The van der Waals surface area contributed by atoms with Crippen molar-refractivity contribution in [3.8, 4) is 5.75 Å². The van der Waals surface area contributed by atoms with Crippen LogP contribution in [0.2, 0.25) is 0 Å². The summed E-state index contributed by atoms with van der Waals surface area (Å²) in [4.78, 5) is 36.8. The number of hydrogen-bond acceptors (Lipinski definition) is 5. The summed E-state index contributed by atoms with van der Waals surface area (Å²) in [6.45, 7) is 2.12. The van der Waals surface area contributed by atoms with E-state index in [1.54, 1.807) is 24.0 Å². The highest BCUT2D eigenvalue weighted by Crippen LogP contribution is 2.14. The van der Waals surface area contributed by atoms with Crippen molar-refractivity contribution in [3.63, 3.8) is 0 Å². The molecule has 0 bridgehead atoms. The molecule has 0 atom stereocenters. The molecule has 0 aliphatic heterocycles. The van der Waals surface area contributed by atoms with Crippen molar-refractivity contribution in [2.75, 3.05) is 32.6 Å². The lowest BCUT2D eigenvalue weighted by Gasteiger charge is -2.11. The van der Waals surface area contributed by atoms with Gasteiger partial charge >= 0.3 is 0 Å². The van der Waals surface area contributed by atoms with Gasteiger partial charge in [-0.2, -0.15) is 0 Å². The van der Waals surface area contributed by atoms with E-state index in [9.17, 15) is 14.4 Å². The zero-order valence-corrected chi connectivity index (χ0v) is 17.7. The van der Waals surface area contributed by atoms with E-state index in [2.05, 4.69) is 10.6 Å². The maximum absolute atomic E-state index is 12.1. The SMILES string of the molecule is CC(=O)CCc1ccc(OCC(=O)NCc2cccc(NC(=O)CN(C)C)c2)cc1. The molecule has 2 rings (SSSR count). The topological polar surface area (TPSA) is 87.7 Å². The first-order valence-electron chi connectivity index (χ1n) is 9.83. The van der Waals surface area contributed by atoms with Crippen LogP contribution in [0.3, 0.4) is 0 Å². The Labute approximate surface area is 177 Å². The van der Waals surface area contributed by atoms with Gasteiger partial charge in [0.1, 0.15) is 11.5 Å². The van der Waals surface area contributed by atoms with Gasteiger partial charge in [0.25, 0.3) is 5.91 Å². The van der Waals surface area contributed by atoms with Crippen LogP contribution < -0.4 is 15.4 Å². The van der Waals surface area contributed by atoms with Crippen LogP contribution in [-0.4, -0.2) is 49.7 Å². The number of rotatable bonds is 11. The van der Waals surface area contributed by atoms with Crippen molar-refractivity contribution in [3.05, 3.63) is 59.7 Å². The molecule has 2 N–H and O–H groups in total. The number of ether oxygens (including phenoxy) is 1. The molecule has 0 saturated heterocycles. The average Bonchev–Trinajstić information content (AvgIpc) is 2.69. The molecule has 2 aromatic carbocycles. The monoisotopic (exact) mass is 411 g/mol. The normalized spacial score (nSPS) is 10.5. The second kappa shape index (κ2) is 11.7. The Kier molecular flexibility index (Phi) is 9.03. The quantitative estimate of drug-likeness (QED) is 0.593. The van der Waals surface area contributed by atoms with Crippen LogP contribution in [0.25, 0.3) is 0 Å². The summed E-state index contributed by atoms with van der Waals surface area (Å²) in [6.07, 6.45) is 1.22. The van der Waals surface area contributed by atoms with Gasteiger partial charge in [0.15, 0.2) is 6.61 Å². The van der Waals surface area contributed by atoms with Crippen molar-refractivity contribution >= 4 is 23.3 Å². The molecule has 160 valence electrons. The highest BCUT2D eigenvalue weighted by molar-refractivity contribution is 5.92. The van der Waals surface area contributed by atoms with Crippen molar-refractivity contribution in [2.45, 2.75) is 26.3 Å². The Morgan fingerprint density at radius 2 is 1.70 bits per heavy atom. The number of likely N-dealkylation sites (N-methyl/N-ethyl adjacent to an activating group) is 1. The molecule has 0 aromatic heterocycles. The third kappa shape index (κ3) is 8.87. The van der Waals surface area contributed by atoms with Gasteiger partial charge in [0, 0.05) is 18.7 Å². The molecule has 0 saturated carbocycles. The van der Waals surface area contributed by atoms with E-state index in [1.807, 2.05) is 50.5 Å². The van der Waals surface area contributed by atoms with Crippen molar-refractivity contribution in [2.24, 2.45) is 0 Å². The summed E-state index contributed by atoms with van der Waals surface area (Å²) in [5.74, 6) is 0.426. The molecular weight excluding hydrogens is 382 g/mol. The van der Waals surface area contributed by atoms with Gasteiger partial charge in [0.05, 0.1) is 6.54 Å². The Balaban J connectivity index is 1.76. The summed E-state index contributed by atoms with van der Waals surface area (Å²) in [6, 6.07) is 14.7. The van der Waals surface area contributed by atoms with E-state index in [0.29, 0.717) is 37.4 Å². The highest BCUT2D eigenvalue weighted by atomic mass is 16.5. The number of nitrogens with zero attached hydrogens (tertiary/aromatic N) is 1. The number of nitrogens with one attached hydrogen (secondary N) is 2. The maximum Gasteiger partial charge on any atom is 0.258 e. The van der Waals surface area contributed by atoms with E-state index >= 15 is 0 Å². The van der Waals surface area contributed by atoms with Crippen LogP contribution in [0, 0.1) is 0 Å². The molecule has 0 heterocycles. The van der Waals surface area contributed by atoms with Crippen molar-refractivity contribution < 1.29 is 19.1 Å². The standard InChI is InChI=1S/C23H29N3O4/c1-17(27)7-8-18-9-11-21(12-10-18)30-16-23(29)24-14-19-5-4-6-20(13-19)25-22(28)15-26(2)3/h4-6,9-13H,7-8,14-16H2,1-3H3,(H,24,29)(H,25,28). The lowest BCUT2D eigenvalue weighted by molar-refractivity contribution is -0.123. The molecule has 0 spiro atoms. The number of aryl methyl sites for hydroxylation is 1. The van der Waals surface area contributed by atoms with Gasteiger partial charge in [-0.3, -0.25) is 9.59 Å². The third-order valence-corrected chi connectivity index (χ3v) is 4.22. The molecule has 7 heteroatoms. The number of carbonyl (C=O) groups excluding carboxylic acids is 3. The van der Waals surface area contributed by atoms with Gasteiger partial charge in [-0.25, -0.2) is 0 Å². The lowest BCUT2D eigenvalue weighted by Crippen LogP contribution is -2.28. The first-order chi connectivity index (χ1) is 14.3. The Bertz CT molecular complexity index is 863. The number of anilines is 1. The fourth-order valence-electron chi connectivity index (χ4n) is 2.72. The number of benzene rings is 2. The minimum atomic E-state index is -0.238. The average molecular weight is 412 g/mol. The summed E-state index contributed by atoms with van der Waals surface area (Å²) in [5.41, 5.74) is 2.62. The highest BCUT2D eigenvalue weighted by Gasteiger charge is 2.06. The Morgan fingerprint density at radius 3 is 2.37 bits per heavy atom. The van der Waals surface area contributed by atoms with E-state index in [1.165, 1.54) is 0 Å². The second-order valence-corrected chi connectivity index (χ2v) is 7.40. The van der Waals surface area contributed by atoms with E-state index in [4.69, 9.17) is 4.74 Å². The summed E-state index contributed by atoms with van der Waals surface area (Å²) < 4.78 is 5.51. The molecule has 2 amide bonds. The number of hydrogen-bond donors (Lipinski definition) is 2. The van der Waals surface area contributed by atoms with Gasteiger partial charge in [-0.1, -0.05) is 24.3 Å². The number of Topliss-reactive ketones (excluding diaryl/α,β-unsaturated/α-hetero) is 1. The molecular formula is C23H29N3O4. The van der Waals surface area contributed by atoms with E-state index < -0.39 is 0 Å². The fourth-order valence-corrected chi connectivity index (χ4v) is 2.72. The van der Waals surface area contributed by atoms with Crippen LogP contribution >= 0.6 is 0 Å². The van der Waals surface area contributed by atoms with Crippen LogP contribution in [0.15, 0.2) is 48.5 Å². The minimum Gasteiger partial charge on any atom is -0.484 e. The summed E-state index contributed by atoms with van der Waals surface area (Å²) in [5, 5.41) is 5.63. The van der Waals surface area contributed by atoms with Crippen LogP contribution in [0.5, 0.6) is 5.75 Å². The van der Waals surface area contributed by atoms with E-state index in [-0.39, 0.29) is 24.2 Å². The molecule has 0 radical (unpaired) electrons. The van der Waals surface area contributed by atoms with Gasteiger partial charge in [-0.15, -0.1) is 0 Å². The molecule has 0 fully saturated rings. The summed E-state index contributed by atoms with van der Waals surface area (Å²) >= 11 is 0. The number of ketones is 1. The molecule has 7 nitrogen and oxygen atoms in total. The van der Waals surface area contributed by atoms with Crippen LogP contribution in [0.1, 0.15) is 24.5 Å². The van der Waals surface area contributed by atoms with Gasteiger partial charge in [0.2, 0.25) is 5.91 Å². The zero-order valence-electron chi connectivity index (χ0n) is 17.7. The molecule has 2 aromatic rings. The minimum absolute atomic E-state index is 0.0912.